The van der Waals surface area contributed by atoms with Crippen molar-refractivity contribution in [3.05, 3.63) is 48.5 Å². The molecule has 0 bridgehead atoms. The molecule has 0 aliphatic heterocycles. The van der Waals surface area contributed by atoms with Gasteiger partial charge in [0.25, 0.3) is 0 Å². The summed E-state index contributed by atoms with van der Waals surface area (Å²) in [5, 5.41) is 21.1. The van der Waals surface area contributed by atoms with Crippen LogP contribution in [0.2, 0.25) is 0 Å². The van der Waals surface area contributed by atoms with Gasteiger partial charge in [-0.1, -0.05) is 0 Å². The number of rotatable bonds is 4. The smallest absolute Gasteiger partial charge is 0.138 e. The van der Waals surface area contributed by atoms with E-state index in [1.165, 1.54) is 0 Å². The van der Waals surface area contributed by atoms with Crippen LogP contribution in [-0.2, 0) is 0 Å². The van der Waals surface area contributed by atoms with E-state index in [9.17, 15) is 0 Å². The van der Waals surface area contributed by atoms with Gasteiger partial charge >= 0.3 is 0 Å². The zero-order valence-corrected chi connectivity index (χ0v) is 11.4. The van der Waals surface area contributed by atoms with Gasteiger partial charge < -0.3 is 4.74 Å². The molecule has 0 aromatic heterocycles. The molecule has 0 saturated heterocycles. The third-order valence-electron chi connectivity index (χ3n) is 2.21. The minimum absolute atomic E-state index is 0.711. The molecule has 0 unspecified atom stereocenters. The molecule has 0 radical (unpaired) electrons. The number of benzene rings is 2. The lowest BCUT2D eigenvalue weighted by molar-refractivity contribution is 0.482. The largest absolute Gasteiger partial charge is 0.457 e. The number of ether oxygens (including phenoxy) is 1. The van der Waals surface area contributed by atoms with Gasteiger partial charge in [0.2, 0.25) is 0 Å². The molecule has 3 nitrogen and oxygen atoms in total. The van der Waals surface area contributed by atoms with Crippen LogP contribution >= 0.6 is 23.5 Å². The minimum atomic E-state index is 0.711. The van der Waals surface area contributed by atoms with Gasteiger partial charge in [-0.05, 0) is 72.1 Å². The van der Waals surface area contributed by atoms with E-state index in [0.717, 1.165) is 33.3 Å². The molecule has 0 N–H and O–H groups in total. The molecule has 2 aromatic rings. The van der Waals surface area contributed by atoms with E-state index < -0.39 is 0 Å². The van der Waals surface area contributed by atoms with Crippen LogP contribution in [0.1, 0.15) is 0 Å². The summed E-state index contributed by atoms with van der Waals surface area (Å²) in [6, 6.07) is 14.6. The summed E-state index contributed by atoms with van der Waals surface area (Å²) in [6.45, 7) is 0. The number of hydrogen-bond acceptors (Lipinski definition) is 5. The van der Waals surface area contributed by atoms with Crippen LogP contribution in [0, 0.1) is 21.3 Å². The molecule has 0 aliphatic rings. The van der Waals surface area contributed by atoms with Crippen LogP contribution in [0.3, 0.4) is 0 Å². The number of thioether (sulfide) groups is 2. The predicted octanol–water partition coefficient (Wildman–Crippen LogP) is 4.63. The monoisotopic (exact) mass is 284 g/mol. The van der Waals surface area contributed by atoms with Crippen molar-refractivity contribution in [2.24, 2.45) is 0 Å². The fourth-order valence-electron chi connectivity index (χ4n) is 1.39. The van der Waals surface area contributed by atoms with Crippen molar-refractivity contribution in [2.75, 3.05) is 0 Å². The van der Waals surface area contributed by atoms with Crippen molar-refractivity contribution in [3.63, 3.8) is 0 Å². The molecule has 5 heteroatoms. The van der Waals surface area contributed by atoms with Crippen LogP contribution in [0.5, 0.6) is 11.5 Å². The summed E-state index contributed by atoms with van der Waals surface area (Å²) in [6.07, 6.45) is 0. The number of thiocyanates is 2. The minimum Gasteiger partial charge on any atom is -0.457 e. The van der Waals surface area contributed by atoms with Crippen molar-refractivity contribution >= 4 is 23.5 Å². The Kier molecular flexibility index (Phi) is 4.74. The van der Waals surface area contributed by atoms with Crippen LogP contribution in [0.4, 0.5) is 0 Å². The van der Waals surface area contributed by atoms with E-state index >= 15 is 0 Å². The van der Waals surface area contributed by atoms with Crippen molar-refractivity contribution in [1.29, 1.82) is 10.5 Å². The first-order valence-corrected chi connectivity index (χ1v) is 6.95. The molecule has 0 fully saturated rings. The van der Waals surface area contributed by atoms with Gasteiger partial charge in [0.15, 0.2) is 0 Å². The van der Waals surface area contributed by atoms with Crippen LogP contribution < -0.4 is 4.74 Å². The standard InChI is InChI=1S/C14H8N2OS2/c15-9-18-13-5-1-11(2-6-13)17-12-3-7-14(8-4-12)19-10-16/h1-8H. The molecule has 0 spiro atoms. The second kappa shape index (κ2) is 6.75. The second-order valence-electron chi connectivity index (χ2n) is 3.43. The van der Waals surface area contributed by atoms with Gasteiger partial charge in [0.05, 0.1) is 0 Å². The Morgan fingerprint density at radius 1 is 0.684 bits per heavy atom. The Bertz CT molecular complexity index is 567. The molecular formula is C14H8N2OS2. The SMILES string of the molecule is N#CSc1ccc(Oc2ccc(SC#N)cc2)cc1. The summed E-state index contributed by atoms with van der Waals surface area (Å²) >= 11 is 2.23. The third-order valence-corrected chi connectivity index (χ3v) is 3.41. The molecular weight excluding hydrogens is 276 g/mol. The fraction of sp³-hybridized carbons (Fsp3) is 0. The molecule has 92 valence electrons. The molecule has 2 rings (SSSR count). The van der Waals surface area contributed by atoms with Crippen molar-refractivity contribution < 1.29 is 4.74 Å². The summed E-state index contributed by atoms with van der Waals surface area (Å²) in [5.41, 5.74) is 0. The summed E-state index contributed by atoms with van der Waals surface area (Å²) in [7, 11) is 0. The highest BCUT2D eigenvalue weighted by Crippen LogP contribution is 2.26. The maximum atomic E-state index is 8.55. The topological polar surface area (TPSA) is 56.8 Å². The summed E-state index contributed by atoms with van der Waals surface area (Å²) in [5.74, 6) is 1.42. The number of nitrogens with zero attached hydrogens (tertiary/aromatic N) is 2. The fourth-order valence-corrected chi connectivity index (χ4v) is 2.15. The predicted molar refractivity (Wildman–Crippen MR) is 75.9 cm³/mol. The maximum Gasteiger partial charge on any atom is 0.138 e. The lowest BCUT2D eigenvalue weighted by atomic mass is 10.3. The van der Waals surface area contributed by atoms with E-state index in [1.54, 1.807) is 0 Å². The Balaban J connectivity index is 2.04. The molecule has 2 aromatic carbocycles. The van der Waals surface area contributed by atoms with Crippen LogP contribution in [0.15, 0.2) is 58.3 Å². The normalized spacial score (nSPS) is 9.37. The van der Waals surface area contributed by atoms with Gasteiger partial charge in [-0.15, -0.1) is 0 Å². The second-order valence-corrected chi connectivity index (χ2v) is 5.15. The van der Waals surface area contributed by atoms with Gasteiger partial charge in [-0.25, -0.2) is 0 Å². The molecule has 0 heterocycles. The first kappa shape index (κ1) is 13.4. The molecule has 0 aliphatic carbocycles. The highest BCUT2D eigenvalue weighted by molar-refractivity contribution is 8.04. The molecule has 0 amide bonds. The molecule has 0 saturated carbocycles. The first-order valence-electron chi connectivity index (χ1n) is 5.31. The Hall–Kier alpha value is -2.08. The molecule has 19 heavy (non-hydrogen) atoms. The molecule has 0 atom stereocenters. The van der Waals surface area contributed by atoms with E-state index in [-0.39, 0.29) is 0 Å². The average molecular weight is 284 g/mol. The van der Waals surface area contributed by atoms with Crippen molar-refractivity contribution in [1.82, 2.24) is 0 Å². The number of hydrogen-bond donors (Lipinski definition) is 0. The third kappa shape index (κ3) is 3.96. The van der Waals surface area contributed by atoms with E-state index in [2.05, 4.69) is 0 Å². The van der Waals surface area contributed by atoms with Crippen LogP contribution in [-0.4, -0.2) is 0 Å². The highest BCUT2D eigenvalue weighted by Gasteiger charge is 1.99. The first-order chi connectivity index (χ1) is 9.31. The zero-order chi connectivity index (χ0) is 13.5. The summed E-state index contributed by atoms with van der Waals surface area (Å²) < 4.78 is 5.66. The van der Waals surface area contributed by atoms with Gasteiger partial charge in [0, 0.05) is 9.79 Å². The van der Waals surface area contributed by atoms with Gasteiger partial charge in [0.1, 0.15) is 22.3 Å². The van der Waals surface area contributed by atoms with E-state index in [4.69, 9.17) is 15.3 Å². The average Bonchev–Trinajstić information content (AvgIpc) is 2.44. The number of nitriles is 2. The Morgan fingerprint density at radius 2 is 1.05 bits per heavy atom. The Labute approximate surface area is 119 Å². The highest BCUT2D eigenvalue weighted by atomic mass is 32.2. The lowest BCUT2D eigenvalue weighted by Crippen LogP contribution is -1.83. The van der Waals surface area contributed by atoms with E-state index in [1.807, 2.05) is 59.3 Å². The lowest BCUT2D eigenvalue weighted by Gasteiger charge is -2.06. The van der Waals surface area contributed by atoms with Gasteiger partial charge in [-0.3, -0.25) is 0 Å². The van der Waals surface area contributed by atoms with Crippen molar-refractivity contribution in [3.8, 4) is 22.3 Å². The van der Waals surface area contributed by atoms with E-state index in [0.29, 0.717) is 11.5 Å². The van der Waals surface area contributed by atoms with Crippen molar-refractivity contribution in [2.45, 2.75) is 9.79 Å². The quantitative estimate of drug-likeness (QED) is 0.605. The van der Waals surface area contributed by atoms with Gasteiger partial charge in [-0.2, -0.15) is 10.5 Å². The van der Waals surface area contributed by atoms with Crippen LogP contribution in [0.25, 0.3) is 0 Å². The maximum absolute atomic E-state index is 8.55. The Morgan fingerprint density at radius 3 is 1.37 bits per heavy atom. The summed E-state index contributed by atoms with van der Waals surface area (Å²) in [4.78, 5) is 1.77. The zero-order valence-electron chi connectivity index (χ0n) is 9.74.